The number of piperazine rings is 1. The van der Waals surface area contributed by atoms with E-state index in [9.17, 15) is 9.18 Å². The Kier molecular flexibility index (Phi) is 12.1. The van der Waals surface area contributed by atoms with Gasteiger partial charge in [0, 0.05) is 57.1 Å². The number of amides is 1. The molecular formula is C28H40FN5O. The van der Waals surface area contributed by atoms with Gasteiger partial charge in [0.05, 0.1) is 0 Å². The van der Waals surface area contributed by atoms with Crippen molar-refractivity contribution in [1.82, 2.24) is 9.88 Å². The van der Waals surface area contributed by atoms with Gasteiger partial charge in [0.25, 0.3) is 0 Å². The maximum Gasteiger partial charge on any atom is 0.222 e. The molecule has 2 heterocycles. The molecule has 1 aromatic heterocycles. The lowest BCUT2D eigenvalue weighted by atomic mass is 10.1. The number of hydrogen-bond donors (Lipinski definition) is 0. The normalized spacial score (nSPS) is 14.5. The molecule has 1 aromatic carbocycles. The van der Waals surface area contributed by atoms with E-state index in [-0.39, 0.29) is 11.7 Å². The predicted octanol–water partition coefficient (Wildman–Crippen LogP) is 5.69. The second-order valence-corrected chi connectivity index (χ2v) is 8.72. The second-order valence-electron chi connectivity index (χ2n) is 8.72. The average molecular weight is 482 g/mol. The van der Waals surface area contributed by atoms with Gasteiger partial charge in [-0.05, 0) is 62.6 Å². The largest absolute Gasteiger partial charge is 0.353 e. The SMILES string of the molecule is CCC(=O)N1CCN(c2ccccn2)CC1.CCCCCC(C)=NC(=NC)c1ccc(F)c(C)c1. The summed E-state index contributed by atoms with van der Waals surface area (Å²) in [5.41, 5.74) is 2.57. The molecule has 1 aliphatic rings. The predicted molar refractivity (Wildman–Crippen MR) is 144 cm³/mol. The molecule has 190 valence electrons. The highest BCUT2D eigenvalue weighted by Crippen LogP contribution is 2.13. The number of carbonyl (C=O) groups excluding carboxylic acids is 1. The topological polar surface area (TPSA) is 61.2 Å². The fraction of sp³-hybridized carbons (Fsp3) is 0.500. The Morgan fingerprint density at radius 1 is 1.09 bits per heavy atom. The summed E-state index contributed by atoms with van der Waals surface area (Å²) < 4.78 is 13.3. The Balaban J connectivity index is 0.000000250. The van der Waals surface area contributed by atoms with Crippen LogP contribution in [0.1, 0.15) is 64.0 Å². The zero-order valence-corrected chi connectivity index (χ0v) is 21.9. The van der Waals surface area contributed by atoms with E-state index in [4.69, 9.17) is 0 Å². The number of halogens is 1. The molecule has 0 atom stereocenters. The van der Waals surface area contributed by atoms with Crippen LogP contribution in [0.2, 0.25) is 0 Å². The van der Waals surface area contributed by atoms with Crippen molar-refractivity contribution in [2.75, 3.05) is 38.1 Å². The fourth-order valence-electron chi connectivity index (χ4n) is 3.84. The molecule has 1 aliphatic heterocycles. The third-order valence-corrected chi connectivity index (χ3v) is 5.97. The average Bonchev–Trinajstić information content (AvgIpc) is 2.89. The van der Waals surface area contributed by atoms with Crippen LogP contribution in [0, 0.1) is 12.7 Å². The minimum atomic E-state index is -0.192. The highest BCUT2D eigenvalue weighted by molar-refractivity contribution is 6.06. The van der Waals surface area contributed by atoms with E-state index in [1.807, 2.05) is 36.9 Å². The molecule has 6 nitrogen and oxygen atoms in total. The quantitative estimate of drug-likeness (QED) is 0.290. The van der Waals surface area contributed by atoms with Gasteiger partial charge in [-0.25, -0.2) is 14.4 Å². The summed E-state index contributed by atoms with van der Waals surface area (Å²) in [6, 6.07) is 10.9. The van der Waals surface area contributed by atoms with Gasteiger partial charge < -0.3 is 9.80 Å². The van der Waals surface area contributed by atoms with Gasteiger partial charge in [0.1, 0.15) is 11.6 Å². The lowest BCUT2D eigenvalue weighted by Gasteiger charge is -2.35. The third kappa shape index (κ3) is 9.23. The van der Waals surface area contributed by atoms with Crippen molar-refractivity contribution in [1.29, 1.82) is 0 Å². The molecule has 35 heavy (non-hydrogen) atoms. The van der Waals surface area contributed by atoms with Gasteiger partial charge in [-0.3, -0.25) is 9.79 Å². The maximum absolute atomic E-state index is 13.3. The molecule has 0 aliphatic carbocycles. The van der Waals surface area contributed by atoms with Crippen LogP contribution in [0.4, 0.5) is 10.2 Å². The number of nitrogens with zero attached hydrogens (tertiary/aromatic N) is 5. The fourth-order valence-corrected chi connectivity index (χ4v) is 3.84. The van der Waals surface area contributed by atoms with E-state index in [0.717, 1.165) is 56.1 Å². The highest BCUT2D eigenvalue weighted by atomic mass is 19.1. The second kappa shape index (κ2) is 15.0. The summed E-state index contributed by atoms with van der Waals surface area (Å²) >= 11 is 0. The molecule has 0 saturated carbocycles. The molecule has 1 saturated heterocycles. The molecule has 1 fully saturated rings. The van der Waals surface area contributed by atoms with Crippen LogP contribution >= 0.6 is 0 Å². The Labute approximate surface area is 210 Å². The number of pyridine rings is 1. The molecule has 3 rings (SSSR count). The molecule has 0 unspecified atom stereocenters. The summed E-state index contributed by atoms with van der Waals surface area (Å²) in [7, 11) is 1.72. The van der Waals surface area contributed by atoms with Gasteiger partial charge in [0.15, 0.2) is 5.84 Å². The van der Waals surface area contributed by atoms with E-state index >= 15 is 0 Å². The Hall–Kier alpha value is -3.09. The zero-order chi connectivity index (χ0) is 25.6. The number of hydrogen-bond acceptors (Lipinski definition) is 4. The van der Waals surface area contributed by atoms with Crippen LogP contribution in [-0.4, -0.2) is 60.6 Å². The molecule has 0 N–H and O–H groups in total. The van der Waals surface area contributed by atoms with Crippen molar-refractivity contribution < 1.29 is 9.18 Å². The minimum Gasteiger partial charge on any atom is -0.353 e. The van der Waals surface area contributed by atoms with E-state index in [1.54, 1.807) is 32.3 Å². The number of carbonyl (C=O) groups is 1. The van der Waals surface area contributed by atoms with Gasteiger partial charge in [0.2, 0.25) is 5.91 Å². The van der Waals surface area contributed by atoms with Gasteiger partial charge in [-0.15, -0.1) is 0 Å². The number of unbranched alkanes of at least 4 members (excludes halogenated alkanes) is 2. The monoisotopic (exact) mass is 481 g/mol. The minimum absolute atomic E-state index is 0.192. The summed E-state index contributed by atoms with van der Waals surface area (Å²) in [4.78, 5) is 28.7. The van der Waals surface area contributed by atoms with E-state index in [2.05, 4.69) is 26.8 Å². The van der Waals surface area contributed by atoms with Crippen LogP contribution < -0.4 is 4.90 Å². The van der Waals surface area contributed by atoms with Crippen molar-refractivity contribution in [3.05, 3.63) is 59.5 Å². The molecule has 0 radical (unpaired) electrons. The number of aliphatic imine (C=N–C) groups is 2. The Bertz CT molecular complexity index is 982. The van der Waals surface area contributed by atoms with Crippen LogP contribution in [0.25, 0.3) is 0 Å². The zero-order valence-electron chi connectivity index (χ0n) is 21.9. The summed E-state index contributed by atoms with van der Waals surface area (Å²) in [6.07, 6.45) is 6.99. The Morgan fingerprint density at radius 2 is 1.83 bits per heavy atom. The van der Waals surface area contributed by atoms with Crippen molar-refractivity contribution in [3.63, 3.8) is 0 Å². The number of benzene rings is 1. The molecule has 7 heteroatoms. The summed E-state index contributed by atoms with van der Waals surface area (Å²) in [5, 5.41) is 0. The Morgan fingerprint density at radius 3 is 2.40 bits per heavy atom. The third-order valence-electron chi connectivity index (χ3n) is 5.97. The van der Waals surface area contributed by atoms with Crippen molar-refractivity contribution in [2.24, 2.45) is 9.98 Å². The lowest BCUT2D eigenvalue weighted by molar-refractivity contribution is -0.131. The van der Waals surface area contributed by atoms with Crippen LogP contribution in [0.5, 0.6) is 0 Å². The van der Waals surface area contributed by atoms with Gasteiger partial charge in [-0.1, -0.05) is 32.8 Å². The molecule has 0 spiro atoms. The van der Waals surface area contributed by atoms with Gasteiger partial charge in [-0.2, -0.15) is 0 Å². The van der Waals surface area contributed by atoms with Crippen molar-refractivity contribution in [2.45, 2.75) is 59.8 Å². The van der Waals surface area contributed by atoms with Crippen LogP contribution in [-0.2, 0) is 4.79 Å². The molecule has 2 aromatic rings. The lowest BCUT2D eigenvalue weighted by Crippen LogP contribution is -2.48. The standard InChI is InChI=1S/C16H23FN2.C12H17N3O/c1-5-6-7-8-13(3)19-16(18-4)14-9-10-15(17)12(2)11-14;1-2-12(16)15-9-7-14(8-10-15)11-5-3-4-6-13-11/h9-11H,5-8H2,1-4H3;3-6H,2,7-10H2,1H3. The smallest absolute Gasteiger partial charge is 0.222 e. The molecule has 1 amide bonds. The first-order valence-corrected chi connectivity index (χ1v) is 12.6. The molecule has 0 bridgehead atoms. The van der Waals surface area contributed by atoms with Gasteiger partial charge >= 0.3 is 0 Å². The van der Waals surface area contributed by atoms with E-state index in [1.165, 1.54) is 18.9 Å². The first-order chi connectivity index (χ1) is 16.9. The van der Waals surface area contributed by atoms with Crippen molar-refractivity contribution in [3.8, 4) is 0 Å². The molecular weight excluding hydrogens is 441 g/mol. The van der Waals surface area contributed by atoms with Crippen LogP contribution in [0.3, 0.4) is 0 Å². The van der Waals surface area contributed by atoms with E-state index < -0.39 is 0 Å². The number of rotatable bonds is 7. The first kappa shape index (κ1) is 28.1. The van der Waals surface area contributed by atoms with Crippen LogP contribution in [0.15, 0.2) is 52.6 Å². The number of aryl methyl sites for hydroxylation is 1. The van der Waals surface area contributed by atoms with Crippen molar-refractivity contribution >= 4 is 23.3 Å². The number of anilines is 1. The highest BCUT2D eigenvalue weighted by Gasteiger charge is 2.20. The number of amidine groups is 1. The summed E-state index contributed by atoms with van der Waals surface area (Å²) in [6.45, 7) is 11.2. The first-order valence-electron chi connectivity index (χ1n) is 12.6. The van der Waals surface area contributed by atoms with E-state index in [0.29, 0.717) is 17.8 Å². The summed E-state index contributed by atoms with van der Waals surface area (Å²) in [5.74, 6) is 1.74. The number of aromatic nitrogens is 1. The maximum atomic E-state index is 13.3.